The lowest BCUT2D eigenvalue weighted by atomic mass is 10.0. The van der Waals surface area contributed by atoms with E-state index in [9.17, 15) is 4.79 Å². The normalized spacial score (nSPS) is 15.5. The summed E-state index contributed by atoms with van der Waals surface area (Å²) in [4.78, 5) is 18.6. The Morgan fingerprint density at radius 2 is 1.79 bits per heavy atom. The van der Waals surface area contributed by atoms with E-state index >= 15 is 0 Å². The van der Waals surface area contributed by atoms with E-state index in [1.165, 1.54) is 0 Å². The number of carbonyl (C=O) groups excluding carboxylic acids is 1. The number of aliphatic imine (C=N–C) groups is 1. The van der Waals surface area contributed by atoms with Gasteiger partial charge in [-0.05, 0) is 38.5 Å². The van der Waals surface area contributed by atoms with Crippen molar-refractivity contribution in [2.45, 2.75) is 32.9 Å². The zero-order chi connectivity index (χ0) is 19.7. The van der Waals surface area contributed by atoms with Crippen molar-refractivity contribution in [3.05, 3.63) is 35.4 Å². The van der Waals surface area contributed by atoms with Crippen molar-refractivity contribution >= 4 is 35.8 Å². The molecular weight excluding hydrogens is 469 g/mol. The number of hydrogen-bond donors (Lipinski definition) is 3. The molecule has 1 saturated heterocycles. The number of nitrogens with zero attached hydrogens (tertiary/aromatic N) is 2. The summed E-state index contributed by atoms with van der Waals surface area (Å²) >= 11 is 0. The third kappa shape index (κ3) is 7.56. The van der Waals surface area contributed by atoms with Gasteiger partial charge in [0.25, 0.3) is 5.91 Å². The van der Waals surface area contributed by atoms with Gasteiger partial charge in [0.2, 0.25) is 0 Å². The first kappa shape index (κ1) is 24.6. The van der Waals surface area contributed by atoms with Crippen LogP contribution >= 0.6 is 24.0 Å². The predicted octanol–water partition coefficient (Wildman–Crippen LogP) is 1.83. The molecule has 28 heavy (non-hydrogen) atoms. The molecule has 0 unspecified atom stereocenters. The number of carbonyl (C=O) groups is 1. The number of rotatable bonds is 7. The molecule has 1 aromatic rings. The number of halogens is 1. The summed E-state index contributed by atoms with van der Waals surface area (Å²) in [6.45, 7) is 12.0. The largest absolute Gasteiger partial charge is 0.379 e. The van der Waals surface area contributed by atoms with Gasteiger partial charge >= 0.3 is 0 Å². The van der Waals surface area contributed by atoms with Crippen molar-refractivity contribution in [2.75, 3.05) is 46.4 Å². The molecule has 0 spiro atoms. The zero-order valence-corrected chi connectivity index (χ0v) is 19.7. The van der Waals surface area contributed by atoms with Crippen molar-refractivity contribution in [3.8, 4) is 0 Å². The van der Waals surface area contributed by atoms with Gasteiger partial charge in [-0.25, -0.2) is 0 Å². The molecule has 0 aromatic heterocycles. The topological polar surface area (TPSA) is 78.0 Å². The number of nitrogens with one attached hydrogen (secondary N) is 3. The van der Waals surface area contributed by atoms with Crippen LogP contribution in [0.5, 0.6) is 0 Å². The van der Waals surface area contributed by atoms with E-state index in [1.54, 1.807) is 7.05 Å². The number of morpholine rings is 1. The summed E-state index contributed by atoms with van der Waals surface area (Å²) in [6, 6.07) is 7.62. The molecule has 1 heterocycles. The quantitative estimate of drug-likeness (QED) is 0.301. The van der Waals surface area contributed by atoms with Crippen LogP contribution in [-0.2, 0) is 11.3 Å². The minimum Gasteiger partial charge on any atom is -0.379 e. The molecule has 158 valence electrons. The SMILES string of the molecule is CCNC(=O)c1ccc(CNC(=NC)NCC(C)(C)N2CCOCC2)cc1.I. The molecule has 0 atom stereocenters. The van der Waals surface area contributed by atoms with Gasteiger partial charge in [0.15, 0.2) is 5.96 Å². The van der Waals surface area contributed by atoms with Gasteiger partial charge in [-0.3, -0.25) is 14.7 Å². The molecule has 1 amide bonds. The molecule has 8 heteroatoms. The lowest BCUT2D eigenvalue weighted by Gasteiger charge is -2.41. The summed E-state index contributed by atoms with van der Waals surface area (Å²) < 4.78 is 5.44. The Morgan fingerprint density at radius 3 is 2.36 bits per heavy atom. The van der Waals surface area contributed by atoms with Crippen molar-refractivity contribution in [3.63, 3.8) is 0 Å². The van der Waals surface area contributed by atoms with Crippen molar-refractivity contribution in [1.82, 2.24) is 20.9 Å². The van der Waals surface area contributed by atoms with Gasteiger partial charge in [0.1, 0.15) is 0 Å². The Hall–Kier alpha value is -1.39. The summed E-state index contributed by atoms with van der Waals surface area (Å²) in [5, 5.41) is 9.55. The Balaban J connectivity index is 0.00000392. The van der Waals surface area contributed by atoms with Crippen LogP contribution in [0, 0.1) is 0 Å². The maximum atomic E-state index is 11.8. The number of hydrogen-bond acceptors (Lipinski definition) is 4. The van der Waals surface area contributed by atoms with Gasteiger partial charge in [-0.15, -0.1) is 24.0 Å². The molecule has 2 rings (SSSR count). The van der Waals surface area contributed by atoms with Gasteiger partial charge in [-0.1, -0.05) is 12.1 Å². The standard InChI is InChI=1S/C20H33N5O2.HI/c1-5-22-18(26)17-8-6-16(7-9-17)14-23-19(21-4)24-15-20(2,3)25-10-12-27-13-11-25;/h6-9H,5,10-15H2,1-4H3,(H,22,26)(H2,21,23,24);1H. The number of amides is 1. The zero-order valence-electron chi connectivity index (χ0n) is 17.4. The van der Waals surface area contributed by atoms with E-state index < -0.39 is 0 Å². The molecule has 1 aliphatic rings. The van der Waals surface area contributed by atoms with E-state index in [0.29, 0.717) is 18.7 Å². The van der Waals surface area contributed by atoms with Crippen LogP contribution in [0.3, 0.4) is 0 Å². The molecule has 0 saturated carbocycles. The highest BCUT2D eigenvalue weighted by molar-refractivity contribution is 14.0. The highest BCUT2D eigenvalue weighted by atomic mass is 127. The van der Waals surface area contributed by atoms with Crippen LogP contribution in [0.15, 0.2) is 29.3 Å². The highest BCUT2D eigenvalue weighted by Crippen LogP contribution is 2.15. The summed E-state index contributed by atoms with van der Waals surface area (Å²) in [6.07, 6.45) is 0. The lowest BCUT2D eigenvalue weighted by molar-refractivity contribution is -0.00834. The predicted molar refractivity (Wildman–Crippen MR) is 125 cm³/mol. The average molecular weight is 503 g/mol. The average Bonchev–Trinajstić information content (AvgIpc) is 2.69. The van der Waals surface area contributed by atoms with Gasteiger partial charge in [-0.2, -0.15) is 0 Å². The highest BCUT2D eigenvalue weighted by Gasteiger charge is 2.28. The first-order valence-corrected chi connectivity index (χ1v) is 9.60. The van der Waals surface area contributed by atoms with Gasteiger partial charge in [0.05, 0.1) is 13.2 Å². The summed E-state index contributed by atoms with van der Waals surface area (Å²) in [5.41, 5.74) is 1.80. The Morgan fingerprint density at radius 1 is 1.14 bits per heavy atom. The second kappa shape index (κ2) is 12.2. The molecule has 0 aliphatic carbocycles. The fourth-order valence-corrected chi connectivity index (χ4v) is 3.02. The Bertz CT molecular complexity index is 628. The fraction of sp³-hybridized carbons (Fsp3) is 0.600. The van der Waals surface area contributed by atoms with Gasteiger partial charge < -0.3 is 20.7 Å². The first-order chi connectivity index (χ1) is 13.0. The smallest absolute Gasteiger partial charge is 0.251 e. The summed E-state index contributed by atoms with van der Waals surface area (Å²) in [5.74, 6) is 0.726. The first-order valence-electron chi connectivity index (χ1n) is 9.60. The van der Waals surface area contributed by atoms with Crippen molar-refractivity contribution in [2.24, 2.45) is 4.99 Å². The maximum absolute atomic E-state index is 11.8. The van der Waals surface area contributed by atoms with E-state index in [-0.39, 0.29) is 35.4 Å². The Labute approximate surface area is 185 Å². The molecular formula is C20H34IN5O2. The minimum atomic E-state index is -0.0418. The number of benzene rings is 1. The summed E-state index contributed by atoms with van der Waals surface area (Å²) in [7, 11) is 1.77. The third-order valence-corrected chi connectivity index (χ3v) is 4.79. The van der Waals surface area contributed by atoms with Crippen LogP contribution < -0.4 is 16.0 Å². The number of ether oxygens (including phenoxy) is 1. The van der Waals surface area contributed by atoms with E-state index in [0.717, 1.165) is 44.4 Å². The molecule has 1 aliphatic heterocycles. The third-order valence-electron chi connectivity index (χ3n) is 4.79. The maximum Gasteiger partial charge on any atom is 0.251 e. The molecule has 1 aromatic carbocycles. The van der Waals surface area contributed by atoms with Crippen molar-refractivity contribution < 1.29 is 9.53 Å². The molecule has 0 bridgehead atoms. The lowest BCUT2D eigenvalue weighted by Crippen LogP contribution is -2.56. The Kier molecular flexibility index (Phi) is 10.8. The van der Waals surface area contributed by atoms with Crippen LogP contribution in [-0.4, -0.2) is 68.7 Å². The van der Waals surface area contributed by atoms with Crippen LogP contribution in [0.1, 0.15) is 36.7 Å². The van der Waals surface area contributed by atoms with Gasteiger partial charge in [0, 0.05) is 50.9 Å². The second-order valence-corrected chi connectivity index (χ2v) is 7.25. The second-order valence-electron chi connectivity index (χ2n) is 7.25. The van der Waals surface area contributed by atoms with E-state index in [1.807, 2.05) is 31.2 Å². The fourth-order valence-electron chi connectivity index (χ4n) is 3.02. The van der Waals surface area contributed by atoms with Crippen LogP contribution in [0.2, 0.25) is 0 Å². The molecule has 3 N–H and O–H groups in total. The van der Waals surface area contributed by atoms with Crippen LogP contribution in [0.4, 0.5) is 0 Å². The monoisotopic (exact) mass is 503 g/mol. The molecule has 0 radical (unpaired) electrons. The molecule has 1 fully saturated rings. The minimum absolute atomic E-state index is 0. The van der Waals surface area contributed by atoms with Crippen molar-refractivity contribution in [1.29, 1.82) is 0 Å². The van der Waals surface area contributed by atoms with Crippen LogP contribution in [0.25, 0.3) is 0 Å². The molecule has 7 nitrogen and oxygen atoms in total. The number of guanidine groups is 1. The van der Waals surface area contributed by atoms with E-state index in [4.69, 9.17) is 4.74 Å². The van der Waals surface area contributed by atoms with E-state index in [2.05, 4.69) is 39.7 Å².